The number of anilines is 1. The fraction of sp³-hybridized carbons (Fsp3) is 0.250. The lowest BCUT2D eigenvalue weighted by molar-refractivity contribution is -0.0498. The Balaban J connectivity index is 2.05. The lowest BCUT2D eigenvalue weighted by Gasteiger charge is -2.17. The highest BCUT2D eigenvalue weighted by Gasteiger charge is 2.08. The van der Waals surface area contributed by atoms with Gasteiger partial charge >= 0.3 is 6.61 Å². The second-order valence-corrected chi connectivity index (χ2v) is 5.63. The molecule has 0 aromatic heterocycles. The van der Waals surface area contributed by atoms with Crippen molar-refractivity contribution in [1.29, 1.82) is 0 Å². The van der Waals surface area contributed by atoms with Crippen molar-refractivity contribution in [2.24, 2.45) is 0 Å². The van der Waals surface area contributed by atoms with Crippen molar-refractivity contribution in [3.8, 4) is 5.75 Å². The quantitative estimate of drug-likeness (QED) is 0.760. The number of aryl methyl sites for hydroxylation is 1. The van der Waals surface area contributed by atoms with Crippen LogP contribution in [0.4, 0.5) is 14.5 Å². The number of alkyl halides is 2. The van der Waals surface area contributed by atoms with Gasteiger partial charge in [0.2, 0.25) is 0 Å². The first-order valence-electron chi connectivity index (χ1n) is 6.53. The maximum atomic E-state index is 12.1. The molecule has 5 heteroatoms. The molecular formula is C16H16BrF2NO. The SMILES string of the molecule is Cc1ccc(NC(C)c2ccc(OC(F)F)cc2)cc1Br. The molecule has 0 saturated carbocycles. The molecule has 21 heavy (non-hydrogen) atoms. The molecule has 0 fully saturated rings. The van der Waals surface area contributed by atoms with Crippen LogP contribution in [-0.2, 0) is 0 Å². The number of hydrogen-bond donors (Lipinski definition) is 1. The third-order valence-electron chi connectivity index (χ3n) is 3.16. The molecule has 0 radical (unpaired) electrons. The van der Waals surface area contributed by atoms with Gasteiger partial charge in [0, 0.05) is 16.2 Å². The largest absolute Gasteiger partial charge is 0.435 e. The van der Waals surface area contributed by atoms with E-state index >= 15 is 0 Å². The van der Waals surface area contributed by atoms with Gasteiger partial charge in [-0.25, -0.2) is 0 Å². The van der Waals surface area contributed by atoms with Crippen LogP contribution in [-0.4, -0.2) is 6.61 Å². The topological polar surface area (TPSA) is 21.3 Å². The summed E-state index contributed by atoms with van der Waals surface area (Å²) in [5.74, 6) is 0.166. The number of nitrogens with one attached hydrogen (secondary N) is 1. The van der Waals surface area contributed by atoms with Crippen molar-refractivity contribution < 1.29 is 13.5 Å². The van der Waals surface area contributed by atoms with Crippen molar-refractivity contribution in [3.05, 3.63) is 58.1 Å². The van der Waals surface area contributed by atoms with Gasteiger partial charge < -0.3 is 10.1 Å². The standard InChI is InChI=1S/C16H16BrF2NO/c1-10-3-6-13(9-15(10)17)20-11(2)12-4-7-14(8-5-12)21-16(18)19/h3-9,11,16,20H,1-2H3. The van der Waals surface area contributed by atoms with Gasteiger partial charge in [-0.2, -0.15) is 8.78 Å². The molecule has 0 aliphatic carbocycles. The molecule has 1 N–H and O–H groups in total. The fourth-order valence-corrected chi connectivity index (χ4v) is 2.33. The molecule has 0 spiro atoms. The Morgan fingerprint density at radius 2 is 1.76 bits per heavy atom. The molecular weight excluding hydrogens is 340 g/mol. The van der Waals surface area contributed by atoms with Crippen LogP contribution in [0.3, 0.4) is 0 Å². The second kappa shape index (κ2) is 6.89. The maximum Gasteiger partial charge on any atom is 0.387 e. The van der Waals surface area contributed by atoms with Gasteiger partial charge in [-0.3, -0.25) is 0 Å². The smallest absolute Gasteiger partial charge is 0.387 e. The predicted molar refractivity (Wildman–Crippen MR) is 84.0 cm³/mol. The van der Waals surface area contributed by atoms with Crippen LogP contribution in [0.15, 0.2) is 46.9 Å². The first kappa shape index (κ1) is 15.8. The van der Waals surface area contributed by atoms with Gasteiger partial charge in [0.15, 0.2) is 0 Å². The summed E-state index contributed by atoms with van der Waals surface area (Å²) < 4.78 is 29.6. The van der Waals surface area contributed by atoms with Crippen LogP contribution in [0.25, 0.3) is 0 Å². The van der Waals surface area contributed by atoms with E-state index < -0.39 is 6.61 Å². The van der Waals surface area contributed by atoms with Crippen LogP contribution in [0.1, 0.15) is 24.1 Å². The number of ether oxygens (including phenoxy) is 1. The zero-order valence-electron chi connectivity index (χ0n) is 11.7. The molecule has 1 unspecified atom stereocenters. The molecule has 2 aromatic carbocycles. The monoisotopic (exact) mass is 355 g/mol. The summed E-state index contributed by atoms with van der Waals surface area (Å²) in [6.45, 7) is 1.24. The molecule has 2 rings (SSSR count). The first-order chi connectivity index (χ1) is 9.95. The Morgan fingerprint density at radius 1 is 1.10 bits per heavy atom. The van der Waals surface area contributed by atoms with Gasteiger partial charge in [-0.1, -0.05) is 34.1 Å². The van der Waals surface area contributed by atoms with E-state index in [0.29, 0.717) is 0 Å². The Morgan fingerprint density at radius 3 is 2.33 bits per heavy atom. The summed E-state index contributed by atoms with van der Waals surface area (Å²) in [4.78, 5) is 0. The fourth-order valence-electron chi connectivity index (χ4n) is 1.95. The van der Waals surface area contributed by atoms with Gasteiger partial charge in [0.1, 0.15) is 5.75 Å². The molecule has 2 nitrogen and oxygen atoms in total. The number of hydrogen-bond acceptors (Lipinski definition) is 2. The minimum atomic E-state index is -2.80. The van der Waals surface area contributed by atoms with E-state index in [9.17, 15) is 8.78 Å². The molecule has 0 saturated heterocycles. The third-order valence-corrected chi connectivity index (χ3v) is 4.01. The number of rotatable bonds is 5. The van der Waals surface area contributed by atoms with E-state index in [1.165, 1.54) is 5.56 Å². The Bertz CT molecular complexity index is 602. The second-order valence-electron chi connectivity index (χ2n) is 4.78. The van der Waals surface area contributed by atoms with Gasteiger partial charge in [0.25, 0.3) is 0 Å². The minimum absolute atomic E-state index is 0.0557. The van der Waals surface area contributed by atoms with Crippen molar-refractivity contribution in [1.82, 2.24) is 0 Å². The van der Waals surface area contributed by atoms with Crippen molar-refractivity contribution in [2.75, 3.05) is 5.32 Å². The van der Waals surface area contributed by atoms with E-state index in [0.717, 1.165) is 15.7 Å². The molecule has 112 valence electrons. The van der Waals surface area contributed by atoms with Crippen molar-refractivity contribution >= 4 is 21.6 Å². The molecule has 0 heterocycles. The highest BCUT2D eigenvalue weighted by atomic mass is 79.9. The summed E-state index contributed by atoms with van der Waals surface area (Å²) >= 11 is 3.50. The van der Waals surface area contributed by atoms with Gasteiger partial charge in [0.05, 0.1) is 0 Å². The molecule has 0 amide bonds. The van der Waals surface area contributed by atoms with Crippen LogP contribution >= 0.6 is 15.9 Å². The van der Waals surface area contributed by atoms with Gasteiger partial charge in [-0.15, -0.1) is 0 Å². The zero-order valence-corrected chi connectivity index (χ0v) is 13.3. The summed E-state index contributed by atoms with van der Waals surface area (Å²) in [6.07, 6.45) is 0. The summed E-state index contributed by atoms with van der Waals surface area (Å²) in [5.41, 5.74) is 3.16. The Kier molecular flexibility index (Phi) is 5.17. The maximum absolute atomic E-state index is 12.1. The van der Waals surface area contributed by atoms with Crippen molar-refractivity contribution in [3.63, 3.8) is 0 Å². The Hall–Kier alpha value is -1.62. The van der Waals surface area contributed by atoms with Crippen LogP contribution in [0.5, 0.6) is 5.75 Å². The lowest BCUT2D eigenvalue weighted by Crippen LogP contribution is -2.07. The minimum Gasteiger partial charge on any atom is -0.435 e. The lowest BCUT2D eigenvalue weighted by atomic mass is 10.1. The predicted octanol–water partition coefficient (Wildman–Crippen LogP) is 5.53. The van der Waals surface area contributed by atoms with Crippen LogP contribution < -0.4 is 10.1 Å². The third kappa shape index (κ3) is 4.43. The van der Waals surface area contributed by atoms with Gasteiger partial charge in [-0.05, 0) is 49.2 Å². The van der Waals surface area contributed by atoms with E-state index in [1.807, 2.05) is 32.0 Å². The number of benzene rings is 2. The molecule has 0 aliphatic heterocycles. The molecule has 1 atom stereocenters. The van der Waals surface area contributed by atoms with E-state index in [2.05, 4.69) is 26.0 Å². The average molecular weight is 356 g/mol. The summed E-state index contributed by atoms with van der Waals surface area (Å²) in [5, 5.41) is 3.37. The summed E-state index contributed by atoms with van der Waals surface area (Å²) in [7, 11) is 0. The zero-order chi connectivity index (χ0) is 15.4. The molecule has 2 aromatic rings. The molecule has 0 bridgehead atoms. The summed E-state index contributed by atoms with van der Waals surface area (Å²) in [6, 6.07) is 12.7. The highest BCUT2D eigenvalue weighted by Crippen LogP contribution is 2.25. The van der Waals surface area contributed by atoms with Crippen LogP contribution in [0.2, 0.25) is 0 Å². The number of halogens is 3. The van der Waals surface area contributed by atoms with E-state index in [-0.39, 0.29) is 11.8 Å². The normalized spacial score (nSPS) is 12.3. The van der Waals surface area contributed by atoms with E-state index in [4.69, 9.17) is 0 Å². The Labute approximate surface area is 131 Å². The van der Waals surface area contributed by atoms with E-state index in [1.54, 1.807) is 24.3 Å². The van der Waals surface area contributed by atoms with Crippen LogP contribution in [0, 0.1) is 6.92 Å². The average Bonchev–Trinajstić information content (AvgIpc) is 2.43. The van der Waals surface area contributed by atoms with Crippen molar-refractivity contribution in [2.45, 2.75) is 26.5 Å². The molecule has 0 aliphatic rings. The highest BCUT2D eigenvalue weighted by molar-refractivity contribution is 9.10. The first-order valence-corrected chi connectivity index (χ1v) is 7.32.